The normalized spacial score (nSPS) is 15.1. The van der Waals surface area contributed by atoms with E-state index in [0.717, 1.165) is 12.2 Å². The van der Waals surface area contributed by atoms with Crippen molar-refractivity contribution >= 4 is 27.7 Å². The highest BCUT2D eigenvalue weighted by molar-refractivity contribution is 7.98. The van der Waals surface area contributed by atoms with Gasteiger partial charge in [0, 0.05) is 6.04 Å². The summed E-state index contributed by atoms with van der Waals surface area (Å²) in [6, 6.07) is -0.614. The van der Waals surface area contributed by atoms with Crippen LogP contribution in [0.4, 0.5) is 0 Å². The highest BCUT2D eigenvalue weighted by atomic mass is 32.2. The highest BCUT2D eigenvalue weighted by Gasteiger charge is 2.23. The number of amides is 1. The number of hydrogen-bond acceptors (Lipinski definition) is 4. The predicted molar refractivity (Wildman–Crippen MR) is 77.3 cm³/mol. The summed E-state index contributed by atoms with van der Waals surface area (Å²) < 4.78 is 25.5. The van der Waals surface area contributed by atoms with Gasteiger partial charge in [-0.15, -0.1) is 0 Å². The van der Waals surface area contributed by atoms with Crippen molar-refractivity contribution in [3.05, 3.63) is 0 Å². The molecule has 0 aliphatic carbocycles. The maximum absolute atomic E-state index is 12.0. The van der Waals surface area contributed by atoms with E-state index in [4.69, 9.17) is 0 Å². The standard InChI is InChI=1S/C11H24N2O3S2/c1-5-9(3)12-11(14)10(7-8-17-4)13-18(15,16)6-2/h9-10,13H,5-8H2,1-4H3,(H,12,14). The van der Waals surface area contributed by atoms with E-state index in [1.54, 1.807) is 18.7 Å². The molecule has 0 bridgehead atoms. The molecule has 0 aromatic rings. The largest absolute Gasteiger partial charge is 0.352 e. The molecule has 1 amide bonds. The van der Waals surface area contributed by atoms with Crippen LogP contribution in [0, 0.1) is 0 Å². The lowest BCUT2D eigenvalue weighted by molar-refractivity contribution is -0.123. The molecule has 0 radical (unpaired) electrons. The first-order valence-electron chi connectivity index (χ1n) is 6.15. The van der Waals surface area contributed by atoms with E-state index in [-0.39, 0.29) is 17.7 Å². The monoisotopic (exact) mass is 296 g/mol. The van der Waals surface area contributed by atoms with Gasteiger partial charge >= 0.3 is 0 Å². The lowest BCUT2D eigenvalue weighted by atomic mass is 10.2. The second kappa shape index (κ2) is 8.77. The average molecular weight is 296 g/mol. The Labute approximate surface area is 115 Å². The molecule has 18 heavy (non-hydrogen) atoms. The van der Waals surface area contributed by atoms with Gasteiger partial charge in [0.05, 0.1) is 5.75 Å². The van der Waals surface area contributed by atoms with E-state index in [1.807, 2.05) is 20.1 Å². The third kappa shape index (κ3) is 7.23. The molecule has 0 saturated carbocycles. The molecule has 5 nitrogen and oxygen atoms in total. The minimum Gasteiger partial charge on any atom is -0.352 e. The van der Waals surface area contributed by atoms with Gasteiger partial charge in [-0.2, -0.15) is 11.8 Å². The van der Waals surface area contributed by atoms with Crippen molar-refractivity contribution in [2.75, 3.05) is 17.8 Å². The smallest absolute Gasteiger partial charge is 0.238 e. The van der Waals surface area contributed by atoms with E-state index < -0.39 is 16.1 Å². The van der Waals surface area contributed by atoms with E-state index >= 15 is 0 Å². The van der Waals surface area contributed by atoms with Crippen molar-refractivity contribution < 1.29 is 13.2 Å². The van der Waals surface area contributed by atoms with Crippen LogP contribution < -0.4 is 10.0 Å². The zero-order valence-electron chi connectivity index (χ0n) is 11.5. The van der Waals surface area contributed by atoms with Crippen molar-refractivity contribution in [3.63, 3.8) is 0 Å². The molecule has 0 fully saturated rings. The lowest BCUT2D eigenvalue weighted by Crippen LogP contribution is -2.49. The molecule has 0 saturated heterocycles. The summed E-state index contributed by atoms with van der Waals surface area (Å²) in [5.41, 5.74) is 0. The molecule has 0 aliphatic rings. The fraction of sp³-hybridized carbons (Fsp3) is 0.909. The van der Waals surface area contributed by atoms with Gasteiger partial charge in [-0.1, -0.05) is 6.92 Å². The molecule has 0 aromatic carbocycles. The van der Waals surface area contributed by atoms with Crippen LogP contribution >= 0.6 is 11.8 Å². The van der Waals surface area contributed by atoms with Crippen LogP contribution in [-0.2, 0) is 14.8 Å². The molecule has 2 atom stereocenters. The molecule has 0 heterocycles. The van der Waals surface area contributed by atoms with Gasteiger partial charge in [0.15, 0.2) is 0 Å². The van der Waals surface area contributed by atoms with Crippen molar-refractivity contribution in [2.45, 2.75) is 45.7 Å². The van der Waals surface area contributed by atoms with E-state index in [0.29, 0.717) is 6.42 Å². The zero-order valence-corrected chi connectivity index (χ0v) is 13.2. The minimum absolute atomic E-state index is 0.0145. The Morgan fingerprint density at radius 3 is 2.39 bits per heavy atom. The van der Waals surface area contributed by atoms with Crippen molar-refractivity contribution in [2.24, 2.45) is 0 Å². The summed E-state index contributed by atoms with van der Waals surface area (Å²) in [5.74, 6) is 0.486. The second-order valence-electron chi connectivity index (χ2n) is 4.17. The minimum atomic E-state index is -3.36. The summed E-state index contributed by atoms with van der Waals surface area (Å²) in [4.78, 5) is 12.0. The van der Waals surface area contributed by atoms with E-state index in [2.05, 4.69) is 10.0 Å². The Kier molecular flexibility index (Phi) is 8.64. The first kappa shape index (κ1) is 17.7. The van der Waals surface area contributed by atoms with E-state index in [1.165, 1.54) is 0 Å². The first-order chi connectivity index (χ1) is 8.36. The van der Waals surface area contributed by atoms with Crippen LogP contribution in [-0.4, -0.2) is 44.2 Å². The number of rotatable bonds is 9. The fourth-order valence-corrected chi connectivity index (χ4v) is 2.52. The molecular weight excluding hydrogens is 272 g/mol. The molecule has 108 valence electrons. The van der Waals surface area contributed by atoms with Crippen LogP contribution in [0.15, 0.2) is 0 Å². The lowest BCUT2D eigenvalue weighted by Gasteiger charge is -2.20. The number of sulfonamides is 1. The van der Waals surface area contributed by atoms with Gasteiger partial charge in [-0.25, -0.2) is 13.1 Å². The van der Waals surface area contributed by atoms with Crippen molar-refractivity contribution in [3.8, 4) is 0 Å². The van der Waals surface area contributed by atoms with Crippen molar-refractivity contribution in [1.29, 1.82) is 0 Å². The summed E-state index contributed by atoms with van der Waals surface area (Å²) in [7, 11) is -3.36. The molecule has 0 rings (SSSR count). The van der Waals surface area contributed by atoms with Gasteiger partial charge in [0.25, 0.3) is 0 Å². The maximum Gasteiger partial charge on any atom is 0.238 e. The summed E-state index contributed by atoms with van der Waals surface area (Å²) in [6.07, 6.45) is 3.25. The molecule has 7 heteroatoms. The van der Waals surface area contributed by atoms with E-state index in [9.17, 15) is 13.2 Å². The summed E-state index contributed by atoms with van der Waals surface area (Å²) in [6.45, 7) is 5.43. The fourth-order valence-electron chi connectivity index (χ4n) is 1.22. The quantitative estimate of drug-likeness (QED) is 0.664. The third-order valence-electron chi connectivity index (χ3n) is 2.63. The van der Waals surface area contributed by atoms with Crippen LogP contribution in [0.1, 0.15) is 33.6 Å². The molecule has 0 aliphatic heterocycles. The van der Waals surface area contributed by atoms with Gasteiger partial charge in [-0.3, -0.25) is 4.79 Å². The van der Waals surface area contributed by atoms with Gasteiger partial charge in [0.1, 0.15) is 6.04 Å². The SMILES string of the molecule is CCC(C)NC(=O)C(CCSC)NS(=O)(=O)CC. The highest BCUT2D eigenvalue weighted by Crippen LogP contribution is 2.04. The van der Waals surface area contributed by atoms with Crippen molar-refractivity contribution in [1.82, 2.24) is 10.0 Å². The third-order valence-corrected chi connectivity index (χ3v) is 4.68. The average Bonchev–Trinajstić information content (AvgIpc) is 2.33. The predicted octanol–water partition coefficient (Wildman–Crippen LogP) is 0.962. The Bertz CT molecular complexity index is 344. The number of carbonyl (C=O) groups is 1. The van der Waals surface area contributed by atoms with Gasteiger partial charge < -0.3 is 5.32 Å². The van der Waals surface area contributed by atoms with Gasteiger partial charge in [0.2, 0.25) is 15.9 Å². The Hall–Kier alpha value is -0.270. The number of carbonyl (C=O) groups excluding carboxylic acids is 1. The summed E-state index contributed by atoms with van der Waals surface area (Å²) >= 11 is 1.59. The Morgan fingerprint density at radius 2 is 1.94 bits per heavy atom. The Balaban J connectivity index is 4.61. The number of hydrogen-bond donors (Lipinski definition) is 2. The molecular formula is C11H24N2O3S2. The van der Waals surface area contributed by atoms with Gasteiger partial charge in [-0.05, 0) is 38.7 Å². The molecule has 2 unspecified atom stereocenters. The molecule has 2 N–H and O–H groups in total. The van der Waals surface area contributed by atoms with Crippen LogP contribution in [0.2, 0.25) is 0 Å². The number of nitrogens with one attached hydrogen (secondary N) is 2. The van der Waals surface area contributed by atoms with Crippen LogP contribution in [0.25, 0.3) is 0 Å². The zero-order chi connectivity index (χ0) is 14.2. The second-order valence-corrected chi connectivity index (χ2v) is 7.20. The topological polar surface area (TPSA) is 75.3 Å². The maximum atomic E-state index is 12.0. The first-order valence-corrected chi connectivity index (χ1v) is 9.20. The summed E-state index contributed by atoms with van der Waals surface area (Å²) in [5, 5.41) is 2.81. The Morgan fingerprint density at radius 1 is 1.33 bits per heavy atom. The number of thioether (sulfide) groups is 1. The molecule has 0 spiro atoms. The van der Waals surface area contributed by atoms with Crippen LogP contribution in [0.3, 0.4) is 0 Å². The van der Waals surface area contributed by atoms with Crippen LogP contribution in [0.5, 0.6) is 0 Å². The molecule has 0 aromatic heterocycles.